The smallest absolute Gasteiger partial charge is 0.314 e. The van der Waals surface area contributed by atoms with Crippen molar-refractivity contribution in [1.82, 2.24) is 14.9 Å². The van der Waals surface area contributed by atoms with Gasteiger partial charge in [-0.25, -0.2) is 9.37 Å². The minimum absolute atomic E-state index is 0.0299. The van der Waals surface area contributed by atoms with E-state index in [1.807, 2.05) is 13.8 Å². The van der Waals surface area contributed by atoms with Crippen LogP contribution in [0.5, 0.6) is 0 Å². The van der Waals surface area contributed by atoms with Gasteiger partial charge in [0.25, 0.3) is 5.91 Å². The van der Waals surface area contributed by atoms with E-state index < -0.39 is 11.2 Å². The highest BCUT2D eigenvalue weighted by molar-refractivity contribution is 6.05. The van der Waals surface area contributed by atoms with Crippen LogP contribution in [0.4, 0.5) is 4.39 Å². The molecule has 1 amide bonds. The van der Waals surface area contributed by atoms with Crippen LogP contribution in [0.3, 0.4) is 0 Å². The Bertz CT molecular complexity index is 817. The molecule has 0 radical (unpaired) electrons. The van der Waals surface area contributed by atoms with Gasteiger partial charge in [-0.1, -0.05) is 13.8 Å². The third-order valence-electron chi connectivity index (χ3n) is 5.09. The second kappa shape index (κ2) is 6.46. The number of nitrogens with zero attached hydrogens (tertiary/aromatic N) is 2. The lowest BCUT2D eigenvalue weighted by Crippen LogP contribution is -2.42. The van der Waals surface area contributed by atoms with E-state index in [1.165, 1.54) is 18.5 Å². The molecule has 1 unspecified atom stereocenters. The van der Waals surface area contributed by atoms with Crippen molar-refractivity contribution in [2.24, 2.45) is 11.3 Å². The summed E-state index contributed by atoms with van der Waals surface area (Å²) >= 11 is 0. The van der Waals surface area contributed by atoms with Gasteiger partial charge in [-0.15, -0.1) is 0 Å². The fourth-order valence-electron chi connectivity index (χ4n) is 3.50. The third kappa shape index (κ3) is 2.88. The maximum Gasteiger partial charge on any atom is 0.314 e. The summed E-state index contributed by atoms with van der Waals surface area (Å²) < 4.78 is 19.1. The van der Waals surface area contributed by atoms with Gasteiger partial charge in [-0.3, -0.25) is 9.59 Å². The van der Waals surface area contributed by atoms with E-state index >= 15 is 0 Å². The quantitative estimate of drug-likeness (QED) is 0.863. The third-order valence-corrected chi connectivity index (χ3v) is 5.09. The Morgan fingerprint density at radius 1 is 1.44 bits per heavy atom. The highest BCUT2D eigenvalue weighted by Crippen LogP contribution is 2.40. The molecular weight excluding hydrogens is 325 g/mol. The molecule has 0 saturated carbocycles. The summed E-state index contributed by atoms with van der Waals surface area (Å²) in [5, 5.41) is 0. The number of imidazole rings is 1. The molecule has 1 aliphatic heterocycles. The minimum atomic E-state index is -0.719. The molecule has 134 valence electrons. The zero-order valence-electron chi connectivity index (χ0n) is 14.6. The number of esters is 1. The molecule has 1 N–H and O–H groups in total. The van der Waals surface area contributed by atoms with Crippen LogP contribution in [0.25, 0.3) is 11.0 Å². The van der Waals surface area contributed by atoms with Crippen LogP contribution in [-0.2, 0) is 9.53 Å². The molecule has 0 aliphatic carbocycles. The monoisotopic (exact) mass is 347 g/mol. The maximum absolute atomic E-state index is 13.8. The second-order valence-electron chi connectivity index (χ2n) is 6.76. The summed E-state index contributed by atoms with van der Waals surface area (Å²) in [5.74, 6) is -1.06. The van der Waals surface area contributed by atoms with Crippen LogP contribution in [0.2, 0.25) is 0 Å². The first-order valence-corrected chi connectivity index (χ1v) is 8.48. The number of aromatic nitrogens is 2. The lowest BCUT2D eigenvalue weighted by molar-refractivity contribution is -0.157. The first-order valence-electron chi connectivity index (χ1n) is 8.48. The Labute approximate surface area is 145 Å². The van der Waals surface area contributed by atoms with Crippen molar-refractivity contribution in [1.29, 1.82) is 0 Å². The fourth-order valence-corrected chi connectivity index (χ4v) is 3.50. The molecule has 0 spiro atoms. The summed E-state index contributed by atoms with van der Waals surface area (Å²) in [4.78, 5) is 34.0. The highest BCUT2D eigenvalue weighted by atomic mass is 19.1. The van der Waals surface area contributed by atoms with Crippen LogP contribution < -0.4 is 0 Å². The largest absolute Gasteiger partial charge is 0.466 e. The molecule has 1 fully saturated rings. The van der Waals surface area contributed by atoms with E-state index in [9.17, 15) is 14.0 Å². The molecule has 1 aromatic heterocycles. The highest BCUT2D eigenvalue weighted by Gasteiger charge is 2.49. The van der Waals surface area contributed by atoms with Crippen LogP contribution in [0.1, 0.15) is 37.6 Å². The van der Waals surface area contributed by atoms with Gasteiger partial charge in [0.05, 0.1) is 29.4 Å². The first kappa shape index (κ1) is 17.4. The summed E-state index contributed by atoms with van der Waals surface area (Å²) in [5.41, 5.74) is 0.399. The predicted molar refractivity (Wildman–Crippen MR) is 90.5 cm³/mol. The second-order valence-corrected chi connectivity index (χ2v) is 6.76. The summed E-state index contributed by atoms with van der Waals surface area (Å²) in [7, 11) is 0. The van der Waals surface area contributed by atoms with Crippen molar-refractivity contribution in [2.75, 3.05) is 19.7 Å². The number of halogens is 1. The normalized spacial score (nSPS) is 20.4. The number of amides is 1. The van der Waals surface area contributed by atoms with Gasteiger partial charge in [-0.05, 0) is 31.4 Å². The molecule has 6 nitrogen and oxygen atoms in total. The van der Waals surface area contributed by atoms with Crippen molar-refractivity contribution in [3.05, 3.63) is 29.8 Å². The van der Waals surface area contributed by atoms with Crippen molar-refractivity contribution in [2.45, 2.75) is 27.2 Å². The number of hydrogen-bond acceptors (Lipinski definition) is 4. The number of benzene rings is 1. The average molecular weight is 347 g/mol. The predicted octanol–water partition coefficient (Wildman–Crippen LogP) is 2.75. The molecule has 0 bridgehead atoms. The number of likely N-dealkylation sites (tertiary alicyclic amines) is 1. The number of nitrogens with one attached hydrogen (secondary N) is 1. The van der Waals surface area contributed by atoms with Gasteiger partial charge in [0.2, 0.25) is 0 Å². The molecule has 7 heteroatoms. The topological polar surface area (TPSA) is 75.3 Å². The standard InChI is InChI=1S/C18H22FN3O3/c1-4-25-17(24)18(11(2)3)5-6-22(9-18)16(23)13-7-12(19)8-14-15(13)21-10-20-14/h7-8,10-11H,4-6,9H2,1-3H3,(H,20,21). The van der Waals surface area contributed by atoms with Gasteiger partial charge in [0.15, 0.2) is 0 Å². The zero-order chi connectivity index (χ0) is 18.2. The Morgan fingerprint density at radius 2 is 2.20 bits per heavy atom. The number of ether oxygens (including phenoxy) is 1. The number of fused-ring (bicyclic) bond motifs is 1. The van der Waals surface area contributed by atoms with Crippen LogP contribution in [0.15, 0.2) is 18.5 Å². The molecular formula is C18H22FN3O3. The number of aromatic amines is 1. The average Bonchev–Trinajstić information content (AvgIpc) is 3.21. The lowest BCUT2D eigenvalue weighted by atomic mass is 9.76. The molecule has 1 atom stereocenters. The summed E-state index contributed by atoms with van der Waals surface area (Å²) in [6, 6.07) is 2.51. The molecule has 1 aliphatic rings. The van der Waals surface area contributed by atoms with E-state index in [4.69, 9.17) is 4.74 Å². The Hall–Kier alpha value is -2.44. The Kier molecular flexibility index (Phi) is 4.49. The van der Waals surface area contributed by atoms with Crippen LogP contribution in [-0.4, -0.2) is 46.4 Å². The van der Waals surface area contributed by atoms with Crippen LogP contribution in [0, 0.1) is 17.2 Å². The lowest BCUT2D eigenvalue weighted by Gasteiger charge is -2.30. The summed E-state index contributed by atoms with van der Waals surface area (Å²) in [6.07, 6.45) is 1.97. The summed E-state index contributed by atoms with van der Waals surface area (Å²) in [6.45, 7) is 6.69. The van der Waals surface area contributed by atoms with Crippen molar-refractivity contribution in [3.63, 3.8) is 0 Å². The molecule has 25 heavy (non-hydrogen) atoms. The van der Waals surface area contributed by atoms with Gasteiger partial charge < -0.3 is 14.6 Å². The van der Waals surface area contributed by atoms with Gasteiger partial charge >= 0.3 is 5.97 Å². The zero-order valence-corrected chi connectivity index (χ0v) is 14.6. The Balaban J connectivity index is 1.91. The van der Waals surface area contributed by atoms with E-state index in [0.717, 1.165) is 0 Å². The number of hydrogen-bond donors (Lipinski definition) is 1. The van der Waals surface area contributed by atoms with Gasteiger partial charge in [0.1, 0.15) is 11.3 Å². The fraction of sp³-hybridized carbons (Fsp3) is 0.500. The van der Waals surface area contributed by atoms with Crippen molar-refractivity contribution < 1.29 is 18.7 Å². The van der Waals surface area contributed by atoms with E-state index in [2.05, 4.69) is 9.97 Å². The number of carbonyl (C=O) groups excluding carboxylic acids is 2. The number of carbonyl (C=O) groups is 2. The molecule has 1 saturated heterocycles. The van der Waals surface area contributed by atoms with Gasteiger partial charge in [-0.2, -0.15) is 0 Å². The molecule has 2 heterocycles. The maximum atomic E-state index is 13.8. The molecule has 3 rings (SSSR count). The number of H-pyrrole nitrogens is 1. The van der Waals surface area contributed by atoms with E-state index in [1.54, 1.807) is 11.8 Å². The molecule has 2 aromatic rings. The SMILES string of the molecule is CCOC(=O)C1(C(C)C)CCN(C(=O)c2cc(F)cc3[nH]cnc23)C1. The first-order chi connectivity index (χ1) is 11.9. The van der Waals surface area contributed by atoms with Gasteiger partial charge in [0, 0.05) is 13.1 Å². The minimum Gasteiger partial charge on any atom is -0.466 e. The number of rotatable bonds is 4. The van der Waals surface area contributed by atoms with Crippen molar-refractivity contribution >= 4 is 22.9 Å². The van der Waals surface area contributed by atoms with Crippen molar-refractivity contribution in [3.8, 4) is 0 Å². The van der Waals surface area contributed by atoms with Crippen LogP contribution >= 0.6 is 0 Å². The van der Waals surface area contributed by atoms with E-state index in [0.29, 0.717) is 30.6 Å². The Morgan fingerprint density at radius 3 is 2.88 bits per heavy atom. The van der Waals surface area contributed by atoms with E-state index in [-0.39, 0.29) is 29.9 Å². The molecule has 1 aromatic carbocycles.